The van der Waals surface area contributed by atoms with Crippen LogP contribution in [0.5, 0.6) is 11.5 Å². The molecule has 5 heteroatoms. The predicted molar refractivity (Wildman–Crippen MR) is 84.2 cm³/mol. The fraction of sp³-hybridized carbons (Fsp3) is 0.188. The summed E-state index contributed by atoms with van der Waals surface area (Å²) in [4.78, 5) is 0.153. The summed E-state index contributed by atoms with van der Waals surface area (Å²) in [5, 5.41) is 0. The summed E-state index contributed by atoms with van der Waals surface area (Å²) in [6.07, 6.45) is 0. The number of nitrogens with two attached hydrogens (primary N) is 1. The molecule has 0 fully saturated rings. The number of ether oxygens (including phenoxy) is 2. The Bertz CT molecular complexity index is 629. The summed E-state index contributed by atoms with van der Waals surface area (Å²) in [6.45, 7) is 2.81. The molecule has 0 amide bonds. The van der Waals surface area contributed by atoms with Gasteiger partial charge in [-0.15, -0.1) is 0 Å². The van der Waals surface area contributed by atoms with Gasteiger partial charge in [-0.25, -0.2) is 4.39 Å². The van der Waals surface area contributed by atoms with E-state index in [2.05, 4.69) is 0 Å². The first-order valence-corrected chi connectivity index (χ1v) is 6.95. The van der Waals surface area contributed by atoms with Crippen LogP contribution in [0.2, 0.25) is 0 Å². The Labute approximate surface area is 128 Å². The lowest BCUT2D eigenvalue weighted by Crippen LogP contribution is -2.14. The van der Waals surface area contributed by atoms with Gasteiger partial charge in [0.2, 0.25) is 0 Å². The number of benzene rings is 2. The highest BCUT2D eigenvalue weighted by Crippen LogP contribution is 2.20. The Morgan fingerprint density at radius 2 is 1.71 bits per heavy atom. The van der Waals surface area contributed by atoms with Crippen molar-refractivity contribution in [1.82, 2.24) is 0 Å². The van der Waals surface area contributed by atoms with Gasteiger partial charge in [0.25, 0.3) is 0 Å². The van der Waals surface area contributed by atoms with Crippen molar-refractivity contribution in [3.05, 3.63) is 59.4 Å². The van der Waals surface area contributed by atoms with Crippen molar-refractivity contribution in [2.24, 2.45) is 5.73 Å². The topological polar surface area (TPSA) is 44.5 Å². The maximum atomic E-state index is 13.2. The normalized spacial score (nSPS) is 10.2. The molecule has 2 rings (SSSR count). The summed E-state index contributed by atoms with van der Waals surface area (Å²) in [5.41, 5.74) is 6.84. The Morgan fingerprint density at radius 3 is 2.29 bits per heavy atom. The SMILES string of the molecule is CCOc1ccc(OCc2ccc(F)cc2C(N)=S)cc1. The van der Waals surface area contributed by atoms with E-state index in [4.69, 9.17) is 27.4 Å². The molecule has 2 N–H and O–H groups in total. The van der Waals surface area contributed by atoms with Crippen molar-refractivity contribution in [2.75, 3.05) is 6.61 Å². The summed E-state index contributed by atoms with van der Waals surface area (Å²) in [5.74, 6) is 1.11. The highest BCUT2D eigenvalue weighted by atomic mass is 32.1. The molecular weight excluding hydrogens is 289 g/mol. The van der Waals surface area contributed by atoms with Gasteiger partial charge < -0.3 is 15.2 Å². The Morgan fingerprint density at radius 1 is 1.10 bits per heavy atom. The van der Waals surface area contributed by atoms with E-state index in [9.17, 15) is 4.39 Å². The quantitative estimate of drug-likeness (QED) is 0.830. The molecule has 2 aromatic rings. The van der Waals surface area contributed by atoms with E-state index in [0.29, 0.717) is 17.9 Å². The van der Waals surface area contributed by atoms with Gasteiger partial charge in [0.1, 0.15) is 28.9 Å². The molecular formula is C16H16FNO2S. The molecule has 0 unspecified atom stereocenters. The molecule has 110 valence electrons. The third kappa shape index (κ3) is 4.16. The highest BCUT2D eigenvalue weighted by Gasteiger charge is 2.08. The van der Waals surface area contributed by atoms with Crippen LogP contribution in [0.1, 0.15) is 18.1 Å². The Hall–Kier alpha value is -2.14. The molecule has 0 saturated heterocycles. The average Bonchev–Trinajstić information content (AvgIpc) is 2.47. The minimum atomic E-state index is -0.373. The molecule has 0 radical (unpaired) electrons. The molecule has 21 heavy (non-hydrogen) atoms. The zero-order chi connectivity index (χ0) is 15.2. The van der Waals surface area contributed by atoms with Crippen LogP contribution in [0.4, 0.5) is 4.39 Å². The monoisotopic (exact) mass is 305 g/mol. The van der Waals surface area contributed by atoms with E-state index in [1.807, 2.05) is 31.2 Å². The molecule has 0 saturated carbocycles. The van der Waals surface area contributed by atoms with E-state index in [1.54, 1.807) is 6.07 Å². The Balaban J connectivity index is 2.07. The van der Waals surface area contributed by atoms with E-state index in [1.165, 1.54) is 12.1 Å². The lowest BCUT2D eigenvalue weighted by molar-refractivity contribution is 0.303. The van der Waals surface area contributed by atoms with Crippen molar-refractivity contribution in [3.8, 4) is 11.5 Å². The number of hydrogen-bond acceptors (Lipinski definition) is 3. The zero-order valence-corrected chi connectivity index (χ0v) is 12.5. The van der Waals surface area contributed by atoms with Crippen molar-refractivity contribution in [2.45, 2.75) is 13.5 Å². The molecule has 0 heterocycles. The van der Waals surface area contributed by atoms with Crippen LogP contribution in [0.3, 0.4) is 0 Å². The second kappa shape index (κ2) is 7.04. The van der Waals surface area contributed by atoms with E-state index in [-0.39, 0.29) is 17.4 Å². The van der Waals surface area contributed by atoms with Gasteiger partial charge in [0.15, 0.2) is 0 Å². The number of thiocarbonyl (C=S) groups is 1. The van der Waals surface area contributed by atoms with E-state index in [0.717, 1.165) is 11.3 Å². The van der Waals surface area contributed by atoms with Crippen molar-refractivity contribution >= 4 is 17.2 Å². The summed E-state index contributed by atoms with van der Waals surface area (Å²) < 4.78 is 24.2. The number of hydrogen-bond donors (Lipinski definition) is 1. The fourth-order valence-corrected chi connectivity index (χ4v) is 2.05. The van der Waals surface area contributed by atoms with Gasteiger partial charge in [-0.2, -0.15) is 0 Å². The Kier molecular flexibility index (Phi) is 5.11. The first-order chi connectivity index (χ1) is 10.1. The van der Waals surface area contributed by atoms with Crippen LogP contribution >= 0.6 is 12.2 Å². The standard InChI is InChI=1S/C16H16FNO2S/c1-2-19-13-5-7-14(8-6-13)20-10-11-3-4-12(17)9-15(11)16(18)21/h3-9H,2,10H2,1H3,(H2,18,21). The van der Waals surface area contributed by atoms with E-state index < -0.39 is 0 Å². The van der Waals surface area contributed by atoms with Crippen LogP contribution in [0, 0.1) is 5.82 Å². The molecule has 0 aliphatic carbocycles. The third-order valence-corrected chi connectivity index (χ3v) is 3.09. The molecule has 0 atom stereocenters. The maximum Gasteiger partial charge on any atom is 0.123 e. The summed E-state index contributed by atoms with van der Waals surface area (Å²) in [6, 6.07) is 11.6. The van der Waals surface area contributed by atoms with Crippen LogP contribution in [-0.4, -0.2) is 11.6 Å². The highest BCUT2D eigenvalue weighted by molar-refractivity contribution is 7.80. The average molecular weight is 305 g/mol. The molecule has 3 nitrogen and oxygen atoms in total. The minimum Gasteiger partial charge on any atom is -0.494 e. The van der Waals surface area contributed by atoms with Crippen LogP contribution in [0.15, 0.2) is 42.5 Å². The number of rotatable bonds is 6. The van der Waals surface area contributed by atoms with Gasteiger partial charge in [-0.1, -0.05) is 18.3 Å². The first-order valence-electron chi connectivity index (χ1n) is 6.54. The van der Waals surface area contributed by atoms with Crippen molar-refractivity contribution < 1.29 is 13.9 Å². The predicted octanol–water partition coefficient (Wildman–Crippen LogP) is 3.44. The smallest absolute Gasteiger partial charge is 0.123 e. The molecule has 0 aliphatic rings. The second-order valence-electron chi connectivity index (χ2n) is 4.36. The second-order valence-corrected chi connectivity index (χ2v) is 4.80. The third-order valence-electron chi connectivity index (χ3n) is 2.87. The fourth-order valence-electron chi connectivity index (χ4n) is 1.86. The zero-order valence-electron chi connectivity index (χ0n) is 11.6. The van der Waals surface area contributed by atoms with Crippen LogP contribution in [-0.2, 0) is 6.61 Å². The molecule has 0 aliphatic heterocycles. The lowest BCUT2D eigenvalue weighted by Gasteiger charge is -2.11. The van der Waals surface area contributed by atoms with Crippen LogP contribution in [0.25, 0.3) is 0 Å². The van der Waals surface area contributed by atoms with Crippen molar-refractivity contribution in [1.29, 1.82) is 0 Å². The largest absolute Gasteiger partial charge is 0.494 e. The summed E-state index contributed by atoms with van der Waals surface area (Å²) >= 11 is 4.93. The molecule has 0 spiro atoms. The van der Waals surface area contributed by atoms with Gasteiger partial charge in [-0.05, 0) is 48.9 Å². The number of halogens is 1. The van der Waals surface area contributed by atoms with Gasteiger partial charge in [0, 0.05) is 5.56 Å². The first kappa shape index (κ1) is 15.3. The van der Waals surface area contributed by atoms with Gasteiger partial charge in [0.05, 0.1) is 6.61 Å². The maximum absolute atomic E-state index is 13.2. The molecule has 0 aromatic heterocycles. The summed E-state index contributed by atoms with van der Waals surface area (Å²) in [7, 11) is 0. The minimum absolute atomic E-state index is 0.153. The van der Waals surface area contributed by atoms with Crippen LogP contribution < -0.4 is 15.2 Å². The van der Waals surface area contributed by atoms with Gasteiger partial charge in [-0.3, -0.25) is 0 Å². The molecule has 2 aromatic carbocycles. The van der Waals surface area contributed by atoms with E-state index >= 15 is 0 Å². The molecule has 0 bridgehead atoms. The lowest BCUT2D eigenvalue weighted by atomic mass is 10.1. The van der Waals surface area contributed by atoms with Gasteiger partial charge >= 0.3 is 0 Å². The van der Waals surface area contributed by atoms with Crippen molar-refractivity contribution in [3.63, 3.8) is 0 Å².